The third kappa shape index (κ3) is 4.50. The van der Waals surface area contributed by atoms with E-state index in [1.807, 2.05) is 37.5 Å². The summed E-state index contributed by atoms with van der Waals surface area (Å²) < 4.78 is 2.11. The highest BCUT2D eigenvalue weighted by molar-refractivity contribution is 6.32. The first kappa shape index (κ1) is 21.2. The normalized spacial score (nSPS) is 11.7. The van der Waals surface area contributed by atoms with Crippen LogP contribution in [0.2, 0.25) is 5.02 Å². The Bertz CT molecular complexity index is 1180. The summed E-state index contributed by atoms with van der Waals surface area (Å²) in [6.45, 7) is 5.84. The van der Waals surface area contributed by atoms with Crippen molar-refractivity contribution < 1.29 is 5.11 Å². The number of nitrogens with one attached hydrogen (secondary N) is 2. The Labute approximate surface area is 187 Å². The second-order valence-corrected chi connectivity index (χ2v) is 8.72. The summed E-state index contributed by atoms with van der Waals surface area (Å²) in [5.74, 6) is 0.899. The highest BCUT2D eigenvalue weighted by atomic mass is 35.5. The number of benzene rings is 1. The molecule has 4 aromatic rings. The fourth-order valence-electron chi connectivity index (χ4n) is 3.56. The summed E-state index contributed by atoms with van der Waals surface area (Å²) in [6, 6.07) is 13.2. The molecule has 3 N–H and O–H groups in total. The fourth-order valence-corrected chi connectivity index (χ4v) is 3.67. The predicted octanol–water partition coefficient (Wildman–Crippen LogP) is 4.90. The van der Waals surface area contributed by atoms with Crippen molar-refractivity contribution >= 4 is 11.6 Å². The van der Waals surface area contributed by atoms with Crippen molar-refractivity contribution in [2.75, 3.05) is 6.54 Å². The van der Waals surface area contributed by atoms with Crippen LogP contribution in [0.5, 0.6) is 5.75 Å². The number of imidazole rings is 1. The van der Waals surface area contributed by atoms with E-state index in [1.165, 1.54) is 5.69 Å². The Morgan fingerprint density at radius 1 is 1.13 bits per heavy atom. The zero-order valence-corrected chi connectivity index (χ0v) is 18.6. The fraction of sp³-hybridized carbons (Fsp3) is 0.250. The van der Waals surface area contributed by atoms with Crippen molar-refractivity contribution in [3.05, 3.63) is 77.6 Å². The molecule has 0 aliphatic carbocycles. The molecular weight excluding hydrogens is 410 g/mol. The van der Waals surface area contributed by atoms with Crippen LogP contribution in [0.3, 0.4) is 0 Å². The minimum absolute atomic E-state index is 0.0351. The maximum Gasteiger partial charge on any atom is 0.134 e. The van der Waals surface area contributed by atoms with Gasteiger partial charge >= 0.3 is 0 Å². The maximum absolute atomic E-state index is 10.1. The Morgan fingerprint density at radius 2 is 1.90 bits per heavy atom. The molecule has 0 fully saturated rings. The number of aryl methyl sites for hydroxylation is 1. The zero-order valence-electron chi connectivity index (χ0n) is 17.9. The molecule has 0 atom stereocenters. The van der Waals surface area contributed by atoms with E-state index in [4.69, 9.17) is 16.6 Å². The number of halogens is 1. The highest BCUT2D eigenvalue weighted by Crippen LogP contribution is 2.36. The number of phenols is 1. The van der Waals surface area contributed by atoms with Gasteiger partial charge in [-0.3, -0.25) is 4.98 Å². The van der Waals surface area contributed by atoms with Gasteiger partial charge in [-0.2, -0.15) is 0 Å². The molecule has 0 aliphatic heterocycles. The third-order valence-electron chi connectivity index (χ3n) is 5.46. The van der Waals surface area contributed by atoms with Crippen LogP contribution in [0.25, 0.3) is 22.5 Å². The van der Waals surface area contributed by atoms with E-state index in [9.17, 15) is 5.11 Å². The number of pyridine rings is 1. The largest absolute Gasteiger partial charge is 0.506 e. The minimum atomic E-state index is -0.250. The quantitative estimate of drug-likeness (QED) is 0.385. The van der Waals surface area contributed by atoms with Crippen LogP contribution in [-0.2, 0) is 19.0 Å². The standard InChI is InChI=1S/C24H26ClN5O/c1-24(2,15-27-14-18-5-4-12-30(18)3)23-28-21(16-8-10-26-11-9-16)22(29-23)17-6-7-19(25)20(31)13-17/h4-13,27,31H,14-15H2,1-3H3,(H,28,29). The van der Waals surface area contributed by atoms with Crippen LogP contribution in [-0.4, -0.2) is 31.2 Å². The molecule has 0 unspecified atom stereocenters. The summed E-state index contributed by atoms with van der Waals surface area (Å²) in [5, 5.41) is 14.0. The maximum atomic E-state index is 10.1. The van der Waals surface area contributed by atoms with Gasteiger partial charge in [0.2, 0.25) is 0 Å². The van der Waals surface area contributed by atoms with E-state index < -0.39 is 0 Å². The van der Waals surface area contributed by atoms with Crippen LogP contribution in [0.15, 0.2) is 61.1 Å². The van der Waals surface area contributed by atoms with Gasteiger partial charge in [0.05, 0.1) is 16.4 Å². The van der Waals surface area contributed by atoms with Gasteiger partial charge in [-0.25, -0.2) is 4.98 Å². The molecule has 0 spiro atoms. The molecule has 6 nitrogen and oxygen atoms in total. The average Bonchev–Trinajstić information content (AvgIpc) is 3.38. The molecule has 0 radical (unpaired) electrons. The predicted molar refractivity (Wildman–Crippen MR) is 124 cm³/mol. The van der Waals surface area contributed by atoms with E-state index in [-0.39, 0.29) is 11.2 Å². The molecule has 7 heteroatoms. The second kappa shape index (κ2) is 8.57. The molecule has 0 amide bonds. The Morgan fingerprint density at radius 3 is 2.58 bits per heavy atom. The van der Waals surface area contributed by atoms with E-state index in [2.05, 4.69) is 39.8 Å². The van der Waals surface area contributed by atoms with Crippen molar-refractivity contribution in [2.24, 2.45) is 7.05 Å². The van der Waals surface area contributed by atoms with Crippen molar-refractivity contribution in [3.63, 3.8) is 0 Å². The highest BCUT2D eigenvalue weighted by Gasteiger charge is 2.27. The number of hydrogen-bond acceptors (Lipinski definition) is 4. The van der Waals surface area contributed by atoms with Crippen LogP contribution >= 0.6 is 11.6 Å². The molecule has 3 aromatic heterocycles. The third-order valence-corrected chi connectivity index (χ3v) is 5.78. The van der Waals surface area contributed by atoms with Crippen LogP contribution in [0.4, 0.5) is 0 Å². The number of phenolic OH excluding ortho intramolecular Hbond substituents is 1. The Balaban J connectivity index is 1.66. The number of nitrogens with zero attached hydrogens (tertiary/aromatic N) is 3. The van der Waals surface area contributed by atoms with Crippen molar-refractivity contribution in [1.82, 2.24) is 24.8 Å². The lowest BCUT2D eigenvalue weighted by atomic mass is 9.92. The van der Waals surface area contributed by atoms with Crippen molar-refractivity contribution in [2.45, 2.75) is 25.8 Å². The van der Waals surface area contributed by atoms with Crippen LogP contribution in [0.1, 0.15) is 25.4 Å². The summed E-state index contributed by atoms with van der Waals surface area (Å²) in [5.41, 5.74) is 4.40. The zero-order chi connectivity index (χ0) is 22.0. The van der Waals surface area contributed by atoms with Gasteiger partial charge in [0.25, 0.3) is 0 Å². The lowest BCUT2D eigenvalue weighted by Crippen LogP contribution is -2.34. The topological polar surface area (TPSA) is 78.8 Å². The molecule has 1 aromatic carbocycles. The number of H-pyrrole nitrogens is 1. The minimum Gasteiger partial charge on any atom is -0.506 e. The van der Waals surface area contributed by atoms with Crippen molar-refractivity contribution in [3.8, 4) is 28.3 Å². The second-order valence-electron chi connectivity index (χ2n) is 8.31. The molecule has 0 aliphatic rings. The van der Waals surface area contributed by atoms with Gasteiger partial charge < -0.3 is 20.0 Å². The first-order chi connectivity index (χ1) is 14.8. The van der Waals surface area contributed by atoms with Gasteiger partial charge in [0, 0.05) is 61.0 Å². The lowest BCUT2D eigenvalue weighted by molar-refractivity contribution is 0.444. The Kier molecular flexibility index (Phi) is 5.85. The van der Waals surface area contributed by atoms with Gasteiger partial charge in [-0.15, -0.1) is 0 Å². The SMILES string of the molecule is Cn1cccc1CNCC(C)(C)c1nc(-c2ccc(Cl)c(O)c2)c(-c2ccncc2)[nH]1. The molecule has 0 saturated heterocycles. The number of hydrogen-bond donors (Lipinski definition) is 3. The summed E-state index contributed by atoms with van der Waals surface area (Å²) in [7, 11) is 2.05. The van der Waals surface area contributed by atoms with E-state index in [0.29, 0.717) is 5.02 Å². The number of aromatic hydroxyl groups is 1. The van der Waals surface area contributed by atoms with E-state index >= 15 is 0 Å². The van der Waals surface area contributed by atoms with Crippen LogP contribution < -0.4 is 5.32 Å². The number of aromatic amines is 1. The molecular formula is C24H26ClN5O. The molecule has 0 bridgehead atoms. The van der Waals surface area contributed by atoms with Gasteiger partial charge in [0.1, 0.15) is 11.6 Å². The number of rotatable bonds is 7. The van der Waals surface area contributed by atoms with Gasteiger partial charge in [-0.1, -0.05) is 31.5 Å². The molecule has 4 rings (SSSR count). The summed E-state index contributed by atoms with van der Waals surface area (Å²) in [6.07, 6.45) is 5.56. The average molecular weight is 436 g/mol. The number of aromatic nitrogens is 4. The van der Waals surface area contributed by atoms with Crippen LogP contribution in [0, 0.1) is 0 Å². The smallest absolute Gasteiger partial charge is 0.134 e. The molecule has 0 saturated carbocycles. The van der Waals surface area contributed by atoms with Gasteiger partial charge in [-0.05, 0) is 36.4 Å². The first-order valence-corrected chi connectivity index (χ1v) is 10.5. The molecule has 31 heavy (non-hydrogen) atoms. The van der Waals surface area contributed by atoms with E-state index in [0.717, 1.165) is 41.4 Å². The lowest BCUT2D eigenvalue weighted by Gasteiger charge is -2.23. The molecule has 160 valence electrons. The van der Waals surface area contributed by atoms with E-state index in [1.54, 1.807) is 24.5 Å². The monoisotopic (exact) mass is 435 g/mol. The Hall–Kier alpha value is -3.09. The van der Waals surface area contributed by atoms with Gasteiger partial charge in [0.15, 0.2) is 0 Å². The van der Waals surface area contributed by atoms with Crippen molar-refractivity contribution in [1.29, 1.82) is 0 Å². The first-order valence-electron chi connectivity index (χ1n) is 10.2. The summed E-state index contributed by atoms with van der Waals surface area (Å²) in [4.78, 5) is 12.6. The summed E-state index contributed by atoms with van der Waals surface area (Å²) >= 11 is 6.02. The molecule has 3 heterocycles.